The minimum Gasteiger partial charge on any atom is -0.492 e. The second-order valence-corrected chi connectivity index (χ2v) is 2.67. The summed E-state index contributed by atoms with van der Waals surface area (Å²) in [6.07, 6.45) is 0. The average molecular weight is 169 g/mol. The summed E-state index contributed by atoms with van der Waals surface area (Å²) in [6, 6.07) is 5.44. The highest BCUT2D eigenvalue weighted by Crippen LogP contribution is 2.23. The van der Waals surface area contributed by atoms with Gasteiger partial charge in [-0.2, -0.15) is 0 Å². The molecule has 0 aliphatic rings. The Morgan fingerprint density at radius 1 is 1.55 bits per heavy atom. The van der Waals surface area contributed by atoms with E-state index in [1.807, 2.05) is 19.1 Å². The Labute approximate surface area is 71.8 Å². The van der Waals surface area contributed by atoms with Crippen molar-refractivity contribution in [1.82, 2.24) is 0 Å². The van der Waals surface area contributed by atoms with E-state index >= 15 is 0 Å². The van der Waals surface area contributed by atoms with E-state index in [1.165, 1.54) is 0 Å². The maximum Gasteiger partial charge on any atom is 0.142 e. The zero-order chi connectivity index (χ0) is 8.27. The van der Waals surface area contributed by atoms with Crippen molar-refractivity contribution in [3.63, 3.8) is 0 Å². The third-order valence-electron chi connectivity index (χ3n) is 1.29. The van der Waals surface area contributed by atoms with Crippen LogP contribution < -0.4 is 10.5 Å². The number of anilines is 1. The van der Waals surface area contributed by atoms with Gasteiger partial charge in [0.2, 0.25) is 0 Å². The summed E-state index contributed by atoms with van der Waals surface area (Å²) >= 11 is 4.13. The van der Waals surface area contributed by atoms with Gasteiger partial charge in [-0.15, -0.1) is 12.6 Å². The van der Waals surface area contributed by atoms with Crippen molar-refractivity contribution in [3.05, 3.63) is 18.2 Å². The van der Waals surface area contributed by atoms with Crippen molar-refractivity contribution in [3.8, 4) is 5.75 Å². The molecule has 1 aromatic carbocycles. The van der Waals surface area contributed by atoms with Crippen LogP contribution in [0.2, 0.25) is 0 Å². The molecule has 0 unspecified atom stereocenters. The van der Waals surface area contributed by atoms with Crippen LogP contribution in [-0.2, 0) is 0 Å². The molecule has 0 amide bonds. The molecule has 0 atom stereocenters. The molecule has 0 heterocycles. The molecular weight excluding hydrogens is 158 g/mol. The molecule has 0 radical (unpaired) electrons. The SMILES string of the molecule is CCOc1ccc(S)cc1N. The molecule has 0 saturated heterocycles. The number of ether oxygens (including phenoxy) is 1. The van der Waals surface area contributed by atoms with Crippen LogP contribution in [0.1, 0.15) is 6.92 Å². The van der Waals surface area contributed by atoms with E-state index in [0.717, 1.165) is 10.6 Å². The number of hydrogen-bond donors (Lipinski definition) is 2. The van der Waals surface area contributed by atoms with Gasteiger partial charge in [0.05, 0.1) is 12.3 Å². The van der Waals surface area contributed by atoms with Crippen LogP contribution in [0.5, 0.6) is 5.75 Å². The predicted molar refractivity (Wildman–Crippen MR) is 49.3 cm³/mol. The van der Waals surface area contributed by atoms with E-state index < -0.39 is 0 Å². The molecule has 3 heteroatoms. The summed E-state index contributed by atoms with van der Waals surface area (Å²) in [6.45, 7) is 2.56. The molecular formula is C8H11NOS. The maximum absolute atomic E-state index is 5.63. The van der Waals surface area contributed by atoms with Gasteiger partial charge >= 0.3 is 0 Å². The Balaban J connectivity index is 2.90. The van der Waals surface area contributed by atoms with Gasteiger partial charge in [0, 0.05) is 4.90 Å². The fourth-order valence-electron chi connectivity index (χ4n) is 0.823. The summed E-state index contributed by atoms with van der Waals surface area (Å²) in [5.41, 5.74) is 6.27. The number of thiol groups is 1. The summed E-state index contributed by atoms with van der Waals surface area (Å²) < 4.78 is 5.23. The van der Waals surface area contributed by atoms with Crippen LogP contribution in [0.4, 0.5) is 5.69 Å². The topological polar surface area (TPSA) is 35.2 Å². The van der Waals surface area contributed by atoms with E-state index in [-0.39, 0.29) is 0 Å². The zero-order valence-corrected chi connectivity index (χ0v) is 7.27. The molecule has 0 aliphatic heterocycles. The highest BCUT2D eigenvalue weighted by Gasteiger charge is 1.97. The lowest BCUT2D eigenvalue weighted by atomic mass is 10.3. The second kappa shape index (κ2) is 3.53. The minimum atomic E-state index is 0.635. The van der Waals surface area contributed by atoms with E-state index in [1.54, 1.807) is 6.07 Å². The van der Waals surface area contributed by atoms with Gasteiger partial charge < -0.3 is 10.5 Å². The summed E-state index contributed by atoms with van der Waals surface area (Å²) in [5.74, 6) is 0.727. The highest BCUT2D eigenvalue weighted by atomic mass is 32.1. The van der Waals surface area contributed by atoms with Crippen LogP contribution in [0, 0.1) is 0 Å². The van der Waals surface area contributed by atoms with Crippen molar-refractivity contribution >= 4 is 18.3 Å². The first-order valence-electron chi connectivity index (χ1n) is 3.45. The highest BCUT2D eigenvalue weighted by molar-refractivity contribution is 7.80. The largest absolute Gasteiger partial charge is 0.492 e. The smallest absolute Gasteiger partial charge is 0.142 e. The summed E-state index contributed by atoms with van der Waals surface area (Å²) in [4.78, 5) is 0.853. The zero-order valence-electron chi connectivity index (χ0n) is 6.37. The van der Waals surface area contributed by atoms with Crippen LogP contribution in [0.15, 0.2) is 23.1 Å². The monoisotopic (exact) mass is 169 g/mol. The molecule has 1 rings (SSSR count). The van der Waals surface area contributed by atoms with Crippen molar-refractivity contribution in [1.29, 1.82) is 0 Å². The van der Waals surface area contributed by atoms with Crippen molar-refractivity contribution in [2.75, 3.05) is 12.3 Å². The first-order valence-corrected chi connectivity index (χ1v) is 3.90. The van der Waals surface area contributed by atoms with Crippen molar-refractivity contribution in [2.45, 2.75) is 11.8 Å². The molecule has 0 saturated carbocycles. The molecule has 0 aromatic heterocycles. The Bertz CT molecular complexity index is 250. The van der Waals surface area contributed by atoms with Crippen molar-refractivity contribution < 1.29 is 4.74 Å². The van der Waals surface area contributed by atoms with E-state index in [4.69, 9.17) is 10.5 Å². The van der Waals surface area contributed by atoms with Gasteiger partial charge in [-0.05, 0) is 25.1 Å². The van der Waals surface area contributed by atoms with Gasteiger partial charge in [0.25, 0.3) is 0 Å². The summed E-state index contributed by atoms with van der Waals surface area (Å²) in [5, 5.41) is 0. The van der Waals surface area contributed by atoms with Crippen molar-refractivity contribution in [2.24, 2.45) is 0 Å². The Morgan fingerprint density at radius 2 is 2.27 bits per heavy atom. The molecule has 60 valence electrons. The quantitative estimate of drug-likeness (QED) is 0.524. The first kappa shape index (κ1) is 8.27. The Morgan fingerprint density at radius 3 is 2.82 bits per heavy atom. The lowest BCUT2D eigenvalue weighted by Gasteiger charge is -2.05. The molecule has 2 N–H and O–H groups in total. The number of hydrogen-bond acceptors (Lipinski definition) is 3. The molecule has 2 nitrogen and oxygen atoms in total. The molecule has 0 fully saturated rings. The third kappa shape index (κ3) is 2.05. The van der Waals surface area contributed by atoms with Gasteiger partial charge in [0.15, 0.2) is 0 Å². The lowest BCUT2D eigenvalue weighted by Crippen LogP contribution is -1.96. The van der Waals surface area contributed by atoms with Gasteiger partial charge in [-0.25, -0.2) is 0 Å². The number of rotatable bonds is 2. The average Bonchev–Trinajstić information content (AvgIpc) is 1.95. The first-order chi connectivity index (χ1) is 5.24. The van der Waals surface area contributed by atoms with Gasteiger partial charge in [-0.1, -0.05) is 0 Å². The fourth-order valence-corrected chi connectivity index (χ4v) is 1.04. The molecule has 1 aromatic rings. The van der Waals surface area contributed by atoms with Gasteiger partial charge in [0.1, 0.15) is 5.75 Å². The van der Waals surface area contributed by atoms with Crippen LogP contribution >= 0.6 is 12.6 Å². The molecule has 11 heavy (non-hydrogen) atoms. The van der Waals surface area contributed by atoms with E-state index in [0.29, 0.717) is 12.3 Å². The standard InChI is InChI=1S/C8H11NOS/c1-2-10-8-4-3-6(11)5-7(8)9/h3-5,11H,2,9H2,1H3. The van der Waals surface area contributed by atoms with Crippen LogP contribution in [0.3, 0.4) is 0 Å². The normalized spacial score (nSPS) is 9.64. The maximum atomic E-state index is 5.63. The number of benzene rings is 1. The Kier molecular flexibility index (Phi) is 2.65. The Hall–Kier alpha value is -0.830. The molecule has 0 bridgehead atoms. The van der Waals surface area contributed by atoms with Crippen LogP contribution in [-0.4, -0.2) is 6.61 Å². The third-order valence-corrected chi connectivity index (χ3v) is 1.57. The number of nitrogens with two attached hydrogens (primary N) is 1. The van der Waals surface area contributed by atoms with Gasteiger partial charge in [-0.3, -0.25) is 0 Å². The molecule has 0 spiro atoms. The fraction of sp³-hybridized carbons (Fsp3) is 0.250. The number of nitrogen functional groups attached to an aromatic ring is 1. The predicted octanol–water partition coefficient (Wildman–Crippen LogP) is 1.96. The second-order valence-electron chi connectivity index (χ2n) is 2.16. The minimum absolute atomic E-state index is 0.635. The van der Waals surface area contributed by atoms with Crippen LogP contribution in [0.25, 0.3) is 0 Å². The summed E-state index contributed by atoms with van der Waals surface area (Å²) in [7, 11) is 0. The van der Waals surface area contributed by atoms with E-state index in [9.17, 15) is 0 Å². The molecule has 0 aliphatic carbocycles. The van der Waals surface area contributed by atoms with E-state index in [2.05, 4.69) is 12.6 Å². The lowest BCUT2D eigenvalue weighted by molar-refractivity contribution is 0.342.